The van der Waals surface area contributed by atoms with E-state index in [0.29, 0.717) is 0 Å². The van der Waals surface area contributed by atoms with E-state index in [0.717, 1.165) is 6.54 Å². The Balaban J connectivity index is 0.000000184. The maximum atomic E-state index is 10.0. The summed E-state index contributed by atoms with van der Waals surface area (Å²) in [5.41, 5.74) is 0. The van der Waals surface area contributed by atoms with E-state index in [4.69, 9.17) is 5.11 Å². The lowest BCUT2D eigenvalue weighted by Crippen LogP contribution is -2.23. The summed E-state index contributed by atoms with van der Waals surface area (Å²) in [5.74, 6) is -1.41. The van der Waals surface area contributed by atoms with E-state index < -0.39 is 5.97 Å². The van der Waals surface area contributed by atoms with Crippen molar-refractivity contribution in [3.8, 4) is 0 Å². The molecule has 0 aliphatic rings. The second-order valence-electron chi connectivity index (χ2n) is 3.62. The number of aliphatic hydroxyl groups is 1. The highest BCUT2D eigenvalue weighted by Crippen LogP contribution is 2.05. The third-order valence-electron chi connectivity index (χ3n) is 2.21. The van der Waals surface area contributed by atoms with Crippen molar-refractivity contribution < 1.29 is 24.0 Å². The Hall–Kier alpha value is -2.08. The molecule has 0 radical (unpaired) electrons. The quantitative estimate of drug-likeness (QED) is 0.744. The normalized spacial score (nSPS) is 9.72. The number of aryl methyl sites for hydroxylation is 2. The van der Waals surface area contributed by atoms with Gasteiger partial charge < -0.3 is 19.4 Å². The molecule has 0 unspecified atom stereocenters. The van der Waals surface area contributed by atoms with Gasteiger partial charge in [0.05, 0.1) is 13.6 Å². The molecule has 2 heterocycles. The van der Waals surface area contributed by atoms with Gasteiger partial charge in [-0.2, -0.15) is 0 Å². The van der Waals surface area contributed by atoms with Crippen molar-refractivity contribution in [3.63, 3.8) is 0 Å². The lowest BCUT2D eigenvalue weighted by atomic mass is 10.4. The van der Waals surface area contributed by atoms with Gasteiger partial charge in [-0.25, -0.2) is 9.13 Å². The molecule has 0 bridgehead atoms. The average Bonchev–Trinajstić information content (AvgIpc) is 2.97. The van der Waals surface area contributed by atoms with Gasteiger partial charge in [-0.05, 0) is 19.1 Å². The summed E-state index contributed by atoms with van der Waals surface area (Å²) in [4.78, 5) is 10.0. The van der Waals surface area contributed by atoms with Crippen molar-refractivity contribution in [1.29, 1.82) is 0 Å². The largest absolute Gasteiger partial charge is 0.542 e. The predicted octanol–water partition coefficient (Wildman–Crippen LogP) is -0.532. The summed E-state index contributed by atoms with van der Waals surface area (Å²) in [6, 6.07) is 2.62. The van der Waals surface area contributed by atoms with Crippen LogP contribution in [0.4, 0.5) is 0 Å². The Morgan fingerprint density at radius 1 is 1.56 bits per heavy atom. The maximum absolute atomic E-state index is 10.0. The fourth-order valence-corrected chi connectivity index (χ4v) is 1.26. The van der Waals surface area contributed by atoms with Gasteiger partial charge in [-0.15, -0.1) is 0 Å². The zero-order chi connectivity index (χ0) is 13.5. The molecule has 0 aliphatic heterocycles. The van der Waals surface area contributed by atoms with Crippen LogP contribution in [-0.2, 0) is 20.2 Å². The van der Waals surface area contributed by atoms with E-state index in [-0.39, 0.29) is 18.1 Å². The lowest BCUT2D eigenvalue weighted by molar-refractivity contribution is -0.671. The molecule has 0 fully saturated rings. The van der Waals surface area contributed by atoms with Crippen molar-refractivity contribution in [1.82, 2.24) is 4.57 Å². The van der Waals surface area contributed by atoms with E-state index >= 15 is 0 Å². The van der Waals surface area contributed by atoms with E-state index in [1.165, 1.54) is 12.1 Å². The number of carbonyl (C=O) groups excluding carboxylic acids is 1. The SMILES string of the molecule is CCn1cc[n+](C)c1.O=C([O-])c1ccc(CO)o1. The van der Waals surface area contributed by atoms with Crippen LogP contribution >= 0.6 is 0 Å². The first kappa shape index (κ1) is 14.0. The van der Waals surface area contributed by atoms with Crippen LogP contribution in [-0.4, -0.2) is 15.6 Å². The summed E-state index contributed by atoms with van der Waals surface area (Å²) < 4.78 is 8.74. The molecule has 0 aliphatic carbocycles. The van der Waals surface area contributed by atoms with Crippen molar-refractivity contribution in [2.45, 2.75) is 20.1 Å². The second-order valence-corrected chi connectivity index (χ2v) is 3.62. The van der Waals surface area contributed by atoms with Gasteiger partial charge in [-0.1, -0.05) is 0 Å². The number of carboxylic acids is 1. The van der Waals surface area contributed by atoms with Gasteiger partial charge in [0.25, 0.3) is 0 Å². The van der Waals surface area contributed by atoms with Gasteiger partial charge in [0.1, 0.15) is 36.5 Å². The molecule has 0 saturated heterocycles. The van der Waals surface area contributed by atoms with E-state index in [9.17, 15) is 9.90 Å². The third kappa shape index (κ3) is 4.06. The van der Waals surface area contributed by atoms with Gasteiger partial charge in [0.15, 0.2) is 0 Å². The van der Waals surface area contributed by atoms with Crippen LogP contribution in [0.3, 0.4) is 0 Å². The summed E-state index contributed by atoms with van der Waals surface area (Å²) in [7, 11) is 2.02. The molecule has 0 saturated carbocycles. The summed E-state index contributed by atoms with van der Waals surface area (Å²) in [6.07, 6.45) is 6.14. The molecule has 0 amide bonds. The molecule has 2 aromatic heterocycles. The molecular weight excluding hydrogens is 236 g/mol. The van der Waals surface area contributed by atoms with Gasteiger partial charge >= 0.3 is 0 Å². The zero-order valence-corrected chi connectivity index (χ0v) is 10.4. The van der Waals surface area contributed by atoms with Crippen LogP contribution < -0.4 is 9.67 Å². The van der Waals surface area contributed by atoms with E-state index in [1.807, 2.05) is 17.8 Å². The number of carboxylic acid groups (broad SMARTS) is 1. The minimum Gasteiger partial charge on any atom is -0.542 e. The summed E-state index contributed by atoms with van der Waals surface area (Å²) >= 11 is 0. The van der Waals surface area contributed by atoms with Crippen LogP contribution in [0.1, 0.15) is 23.2 Å². The van der Waals surface area contributed by atoms with E-state index in [1.54, 1.807) is 0 Å². The minimum atomic E-state index is -1.38. The molecular formula is C12H16N2O4. The molecule has 0 atom stereocenters. The number of imidazole rings is 1. The average molecular weight is 252 g/mol. The molecule has 6 nitrogen and oxygen atoms in total. The predicted molar refractivity (Wildman–Crippen MR) is 60.2 cm³/mol. The van der Waals surface area contributed by atoms with Crippen LogP contribution in [0, 0.1) is 0 Å². The number of hydrogen-bond donors (Lipinski definition) is 1. The summed E-state index contributed by atoms with van der Waals surface area (Å²) in [6.45, 7) is 2.88. The van der Waals surface area contributed by atoms with Crippen LogP contribution in [0.5, 0.6) is 0 Å². The second kappa shape index (κ2) is 6.61. The molecule has 0 spiro atoms. The van der Waals surface area contributed by atoms with E-state index in [2.05, 4.69) is 28.4 Å². The third-order valence-corrected chi connectivity index (χ3v) is 2.21. The first-order valence-corrected chi connectivity index (χ1v) is 5.48. The number of carbonyl (C=O) groups is 1. The molecule has 98 valence electrons. The Labute approximate surface area is 105 Å². The number of aromatic carboxylic acids is 1. The molecule has 2 rings (SSSR count). The fourth-order valence-electron chi connectivity index (χ4n) is 1.26. The highest BCUT2D eigenvalue weighted by molar-refractivity contribution is 5.82. The smallest absolute Gasteiger partial charge is 0.243 e. The standard InChI is InChI=1S/C6H11N2.C6H6O4/c1-3-8-5-4-7(2)6-8;7-3-4-1-2-5(10-4)6(8)9/h4-6H,3H2,1-2H3;1-2,7H,3H2,(H,8,9)/q+1;/p-1. The van der Waals surface area contributed by atoms with Gasteiger partial charge in [-0.3, -0.25) is 0 Å². The van der Waals surface area contributed by atoms with Crippen molar-refractivity contribution in [2.24, 2.45) is 7.05 Å². The number of hydrogen-bond acceptors (Lipinski definition) is 4. The zero-order valence-electron chi connectivity index (χ0n) is 10.4. The van der Waals surface area contributed by atoms with Crippen molar-refractivity contribution >= 4 is 5.97 Å². The first-order chi connectivity index (χ1) is 8.56. The molecule has 6 heteroatoms. The first-order valence-electron chi connectivity index (χ1n) is 5.48. The fraction of sp³-hybridized carbons (Fsp3) is 0.333. The van der Waals surface area contributed by atoms with Crippen molar-refractivity contribution in [2.75, 3.05) is 0 Å². The van der Waals surface area contributed by atoms with Crippen LogP contribution in [0.25, 0.3) is 0 Å². The Morgan fingerprint density at radius 2 is 2.28 bits per heavy atom. The Morgan fingerprint density at radius 3 is 2.56 bits per heavy atom. The monoisotopic (exact) mass is 252 g/mol. The van der Waals surface area contributed by atoms with Crippen molar-refractivity contribution in [3.05, 3.63) is 42.4 Å². The number of aromatic nitrogens is 2. The summed E-state index contributed by atoms with van der Waals surface area (Å²) in [5, 5.41) is 18.5. The lowest BCUT2D eigenvalue weighted by Gasteiger charge is -1.93. The number of furan rings is 1. The topological polar surface area (TPSA) is 82.3 Å². The highest BCUT2D eigenvalue weighted by atomic mass is 16.4. The van der Waals surface area contributed by atoms with Crippen LogP contribution in [0.15, 0.2) is 35.3 Å². The highest BCUT2D eigenvalue weighted by Gasteiger charge is 1.99. The Bertz CT molecular complexity index is 502. The maximum Gasteiger partial charge on any atom is 0.243 e. The van der Waals surface area contributed by atoms with Gasteiger partial charge in [0, 0.05) is 0 Å². The molecule has 2 aromatic rings. The number of nitrogens with zero attached hydrogens (tertiary/aromatic N) is 2. The number of rotatable bonds is 3. The Kier molecular flexibility index (Phi) is 5.13. The minimum absolute atomic E-state index is 0.221. The molecule has 1 N–H and O–H groups in total. The molecule has 0 aromatic carbocycles. The van der Waals surface area contributed by atoms with Crippen LogP contribution in [0.2, 0.25) is 0 Å². The molecule has 18 heavy (non-hydrogen) atoms. The number of aliphatic hydroxyl groups excluding tert-OH is 1. The van der Waals surface area contributed by atoms with Gasteiger partial charge in [0.2, 0.25) is 6.33 Å².